The lowest BCUT2D eigenvalue weighted by atomic mass is 10.2. The molecule has 0 fully saturated rings. The maximum atomic E-state index is 11.7. The predicted molar refractivity (Wildman–Crippen MR) is 56.5 cm³/mol. The van der Waals surface area contributed by atoms with Gasteiger partial charge in [-0.2, -0.15) is 5.26 Å². The molecule has 0 aliphatic carbocycles. The summed E-state index contributed by atoms with van der Waals surface area (Å²) in [5, 5.41) is 8.74. The molecular weight excluding hydrogens is 212 g/mol. The maximum Gasteiger partial charge on any atom is 0.242 e. The maximum absolute atomic E-state index is 11.7. The number of nitriles is 1. The summed E-state index contributed by atoms with van der Waals surface area (Å²) in [4.78, 5) is -0.00523. The molecule has 0 saturated heterocycles. The predicted octanol–water partition coefficient (Wildman–Crippen LogP) is 1.02. The zero-order chi connectivity index (χ0) is 11.3. The van der Waals surface area contributed by atoms with Crippen molar-refractivity contribution in [3.05, 3.63) is 42.5 Å². The highest BCUT2D eigenvalue weighted by molar-refractivity contribution is 7.89. The van der Waals surface area contributed by atoms with Gasteiger partial charge >= 0.3 is 0 Å². The average molecular weight is 222 g/mol. The van der Waals surface area contributed by atoms with Crippen LogP contribution in [0.4, 0.5) is 0 Å². The van der Waals surface area contributed by atoms with Gasteiger partial charge in [0, 0.05) is 6.54 Å². The van der Waals surface area contributed by atoms with Crippen LogP contribution in [0.1, 0.15) is 5.56 Å². The molecule has 0 spiro atoms. The molecule has 0 aliphatic heterocycles. The quantitative estimate of drug-likeness (QED) is 0.773. The second-order valence-electron chi connectivity index (χ2n) is 2.75. The molecule has 0 heterocycles. The highest BCUT2D eigenvalue weighted by atomic mass is 32.2. The van der Waals surface area contributed by atoms with Crippen LogP contribution >= 0.6 is 0 Å². The second-order valence-corrected chi connectivity index (χ2v) is 4.48. The minimum atomic E-state index is -3.61. The van der Waals surface area contributed by atoms with E-state index in [4.69, 9.17) is 5.26 Å². The second kappa shape index (κ2) is 4.73. The summed E-state index contributed by atoms with van der Waals surface area (Å²) in [6.07, 6.45) is 1.44. The van der Waals surface area contributed by atoms with E-state index in [0.717, 1.165) is 0 Å². The van der Waals surface area contributed by atoms with Crippen LogP contribution in [-0.4, -0.2) is 15.0 Å². The summed E-state index contributed by atoms with van der Waals surface area (Å²) >= 11 is 0. The molecule has 0 radical (unpaired) electrons. The zero-order valence-corrected chi connectivity index (χ0v) is 8.79. The van der Waals surface area contributed by atoms with Gasteiger partial charge in [0.05, 0.1) is 10.5 Å². The van der Waals surface area contributed by atoms with Crippen molar-refractivity contribution in [2.75, 3.05) is 6.54 Å². The van der Waals surface area contributed by atoms with Crippen molar-refractivity contribution in [1.82, 2.24) is 4.72 Å². The number of nitrogens with zero attached hydrogens (tertiary/aromatic N) is 1. The molecule has 15 heavy (non-hydrogen) atoms. The van der Waals surface area contributed by atoms with Crippen LogP contribution in [0.25, 0.3) is 0 Å². The van der Waals surface area contributed by atoms with Crippen LogP contribution in [0, 0.1) is 11.3 Å². The molecule has 5 heteroatoms. The minimum absolute atomic E-state index is 0.00523. The summed E-state index contributed by atoms with van der Waals surface area (Å²) < 4.78 is 25.6. The number of hydrogen-bond donors (Lipinski definition) is 1. The lowest BCUT2D eigenvalue weighted by Gasteiger charge is -2.05. The number of rotatable bonds is 4. The Bertz CT molecular complexity index is 500. The molecule has 0 unspecified atom stereocenters. The Morgan fingerprint density at radius 3 is 2.73 bits per heavy atom. The van der Waals surface area contributed by atoms with E-state index in [9.17, 15) is 8.42 Å². The van der Waals surface area contributed by atoms with Gasteiger partial charge in [0.15, 0.2) is 0 Å². The number of nitrogens with one attached hydrogen (secondary N) is 1. The van der Waals surface area contributed by atoms with Gasteiger partial charge in [0.1, 0.15) is 6.07 Å². The van der Waals surface area contributed by atoms with Crippen molar-refractivity contribution in [2.24, 2.45) is 0 Å². The number of benzene rings is 1. The third kappa shape index (κ3) is 2.65. The van der Waals surface area contributed by atoms with Gasteiger partial charge in [0.2, 0.25) is 10.0 Å². The molecule has 0 saturated carbocycles. The van der Waals surface area contributed by atoms with Crippen molar-refractivity contribution in [2.45, 2.75) is 4.90 Å². The molecule has 1 N–H and O–H groups in total. The zero-order valence-electron chi connectivity index (χ0n) is 7.97. The Labute approximate surface area is 88.9 Å². The van der Waals surface area contributed by atoms with Gasteiger partial charge in [-0.05, 0) is 12.1 Å². The van der Waals surface area contributed by atoms with E-state index in [1.54, 1.807) is 12.1 Å². The molecule has 1 aromatic rings. The van der Waals surface area contributed by atoms with Crippen LogP contribution < -0.4 is 4.72 Å². The Balaban J connectivity index is 3.16. The number of sulfonamides is 1. The molecule has 0 amide bonds. The lowest BCUT2D eigenvalue weighted by Crippen LogP contribution is -2.24. The van der Waals surface area contributed by atoms with E-state index in [1.165, 1.54) is 18.2 Å². The summed E-state index contributed by atoms with van der Waals surface area (Å²) in [6, 6.07) is 7.88. The summed E-state index contributed by atoms with van der Waals surface area (Å²) in [5.41, 5.74) is 0.133. The van der Waals surface area contributed by atoms with Gasteiger partial charge < -0.3 is 0 Å². The van der Waals surface area contributed by atoms with E-state index in [1.807, 2.05) is 6.07 Å². The Kier molecular flexibility index (Phi) is 3.61. The van der Waals surface area contributed by atoms with Crippen molar-refractivity contribution < 1.29 is 8.42 Å². The van der Waals surface area contributed by atoms with Crippen molar-refractivity contribution in [1.29, 1.82) is 5.26 Å². The SMILES string of the molecule is C=CCNS(=O)(=O)c1ccccc1C#N. The summed E-state index contributed by atoms with van der Waals surface area (Å²) in [7, 11) is -3.61. The Morgan fingerprint density at radius 1 is 1.47 bits per heavy atom. The van der Waals surface area contributed by atoms with Gasteiger partial charge in [-0.25, -0.2) is 13.1 Å². The molecule has 78 valence electrons. The van der Waals surface area contributed by atoms with Crippen LogP contribution in [0.5, 0.6) is 0 Å². The van der Waals surface area contributed by atoms with E-state index < -0.39 is 10.0 Å². The summed E-state index contributed by atoms with van der Waals surface area (Å²) in [6.45, 7) is 3.55. The molecule has 0 bridgehead atoms. The van der Waals surface area contributed by atoms with Gasteiger partial charge in [-0.15, -0.1) is 6.58 Å². The molecule has 0 aromatic heterocycles. The van der Waals surface area contributed by atoms with Crippen LogP contribution in [-0.2, 0) is 10.0 Å². The van der Waals surface area contributed by atoms with Crippen LogP contribution in [0.15, 0.2) is 41.8 Å². The highest BCUT2D eigenvalue weighted by Gasteiger charge is 2.16. The van der Waals surface area contributed by atoms with Gasteiger partial charge in [-0.3, -0.25) is 0 Å². The first kappa shape index (κ1) is 11.4. The van der Waals surface area contributed by atoms with E-state index in [2.05, 4.69) is 11.3 Å². The van der Waals surface area contributed by atoms with Gasteiger partial charge in [0.25, 0.3) is 0 Å². The van der Waals surface area contributed by atoms with E-state index in [-0.39, 0.29) is 17.0 Å². The third-order valence-corrected chi connectivity index (χ3v) is 3.20. The molecule has 4 nitrogen and oxygen atoms in total. The Morgan fingerprint density at radius 2 is 2.13 bits per heavy atom. The molecular formula is C10H10N2O2S. The fourth-order valence-corrected chi connectivity index (χ4v) is 2.19. The molecule has 1 aromatic carbocycles. The first-order valence-corrected chi connectivity index (χ1v) is 5.70. The summed E-state index contributed by atoms with van der Waals surface area (Å²) in [5.74, 6) is 0. The average Bonchev–Trinajstić information content (AvgIpc) is 2.26. The lowest BCUT2D eigenvalue weighted by molar-refractivity contribution is 0.585. The first-order valence-electron chi connectivity index (χ1n) is 4.21. The van der Waals surface area contributed by atoms with Crippen molar-refractivity contribution in [3.63, 3.8) is 0 Å². The highest BCUT2D eigenvalue weighted by Crippen LogP contribution is 2.13. The largest absolute Gasteiger partial charge is 0.242 e. The Hall–Kier alpha value is -1.64. The fraction of sp³-hybridized carbons (Fsp3) is 0.100. The monoisotopic (exact) mass is 222 g/mol. The normalized spacial score (nSPS) is 10.6. The smallest absolute Gasteiger partial charge is 0.207 e. The topological polar surface area (TPSA) is 70.0 Å². The molecule has 0 aliphatic rings. The molecule has 1 rings (SSSR count). The van der Waals surface area contributed by atoms with Crippen LogP contribution in [0.2, 0.25) is 0 Å². The first-order chi connectivity index (χ1) is 7.11. The fourth-order valence-electron chi connectivity index (χ4n) is 1.04. The molecule has 0 atom stereocenters. The van der Waals surface area contributed by atoms with Crippen molar-refractivity contribution in [3.8, 4) is 6.07 Å². The van der Waals surface area contributed by atoms with E-state index >= 15 is 0 Å². The standard InChI is InChI=1S/C10H10N2O2S/c1-2-7-12-15(13,14)10-6-4-3-5-9(10)8-11/h2-6,12H,1,7H2. The van der Waals surface area contributed by atoms with Crippen molar-refractivity contribution >= 4 is 10.0 Å². The number of hydrogen-bond acceptors (Lipinski definition) is 3. The van der Waals surface area contributed by atoms with Gasteiger partial charge in [-0.1, -0.05) is 18.2 Å². The van der Waals surface area contributed by atoms with Crippen LogP contribution in [0.3, 0.4) is 0 Å². The van der Waals surface area contributed by atoms with E-state index in [0.29, 0.717) is 0 Å². The minimum Gasteiger partial charge on any atom is -0.207 e. The third-order valence-electron chi connectivity index (χ3n) is 1.71.